The van der Waals surface area contributed by atoms with Gasteiger partial charge in [0, 0.05) is 17.6 Å². The first-order chi connectivity index (χ1) is 12.4. The van der Waals surface area contributed by atoms with E-state index in [2.05, 4.69) is 15.9 Å². The normalized spacial score (nSPS) is 18.7. The summed E-state index contributed by atoms with van der Waals surface area (Å²) >= 11 is 3.53. The highest BCUT2D eigenvalue weighted by Crippen LogP contribution is 2.34. The van der Waals surface area contributed by atoms with Crippen molar-refractivity contribution < 1.29 is 17.9 Å². The van der Waals surface area contributed by atoms with Crippen molar-refractivity contribution in [1.29, 1.82) is 0 Å². The molecule has 2 aromatic carbocycles. The Morgan fingerprint density at radius 2 is 1.88 bits per heavy atom. The highest BCUT2D eigenvalue weighted by molar-refractivity contribution is 9.10. The average molecular weight is 428 g/mol. The van der Waals surface area contributed by atoms with Crippen molar-refractivity contribution in [3.05, 3.63) is 64.1 Å². The number of hydrogen-bond acceptors (Lipinski definition) is 2. The molecule has 2 nitrogen and oxygen atoms in total. The van der Waals surface area contributed by atoms with Gasteiger partial charge < -0.3 is 4.74 Å². The van der Waals surface area contributed by atoms with Gasteiger partial charge in [-0.1, -0.05) is 52.3 Å². The molecule has 26 heavy (non-hydrogen) atoms. The number of benzene rings is 2. The average Bonchev–Trinajstić information content (AvgIpc) is 2.62. The number of nitrogens with zero attached hydrogens (tertiary/aromatic N) is 1. The van der Waals surface area contributed by atoms with Gasteiger partial charge in [0.05, 0.1) is 5.92 Å². The van der Waals surface area contributed by atoms with Gasteiger partial charge in [-0.2, -0.15) is 13.2 Å². The van der Waals surface area contributed by atoms with E-state index in [1.807, 2.05) is 53.4 Å². The van der Waals surface area contributed by atoms with Crippen LogP contribution in [0.15, 0.2) is 53.0 Å². The highest BCUT2D eigenvalue weighted by atomic mass is 79.9. The van der Waals surface area contributed by atoms with Gasteiger partial charge in [-0.3, -0.25) is 4.90 Å². The van der Waals surface area contributed by atoms with Gasteiger partial charge in [0.25, 0.3) is 0 Å². The molecule has 1 saturated heterocycles. The second-order valence-corrected chi connectivity index (χ2v) is 7.50. The third-order valence-corrected chi connectivity index (χ3v) is 5.37. The number of halogens is 4. The number of rotatable bonds is 5. The Balaban J connectivity index is 1.59. The molecular weight excluding hydrogens is 407 g/mol. The first kappa shape index (κ1) is 19.2. The standard InChI is InChI=1S/C20H21BrF3NO/c21-19-11-18(26-14-15-5-2-1-3-6-15)9-8-16(19)12-25-10-4-7-17(13-25)20(22,23)24/h1-3,5-6,8-9,11,17H,4,7,10,12-14H2. The zero-order valence-corrected chi connectivity index (χ0v) is 15.9. The first-order valence-electron chi connectivity index (χ1n) is 8.66. The lowest BCUT2D eigenvalue weighted by molar-refractivity contribution is -0.187. The quantitative estimate of drug-likeness (QED) is 0.597. The molecule has 3 rings (SSSR count). The lowest BCUT2D eigenvalue weighted by Gasteiger charge is -2.33. The Morgan fingerprint density at radius 1 is 1.12 bits per heavy atom. The largest absolute Gasteiger partial charge is 0.489 e. The number of hydrogen-bond donors (Lipinski definition) is 0. The molecule has 0 aliphatic carbocycles. The van der Waals surface area contributed by atoms with Crippen molar-refractivity contribution in [3.63, 3.8) is 0 Å². The summed E-state index contributed by atoms with van der Waals surface area (Å²) < 4.78 is 45.5. The molecule has 1 aliphatic rings. The molecule has 1 unspecified atom stereocenters. The summed E-state index contributed by atoms with van der Waals surface area (Å²) in [5.74, 6) is -0.486. The molecule has 0 N–H and O–H groups in total. The second-order valence-electron chi connectivity index (χ2n) is 6.64. The predicted octanol–water partition coefficient (Wildman–Crippen LogP) is 5.80. The maximum atomic E-state index is 13.0. The molecule has 0 aromatic heterocycles. The Bertz CT molecular complexity index is 721. The zero-order chi connectivity index (χ0) is 18.6. The van der Waals surface area contributed by atoms with Gasteiger partial charge in [-0.15, -0.1) is 0 Å². The van der Waals surface area contributed by atoms with E-state index in [1.165, 1.54) is 0 Å². The van der Waals surface area contributed by atoms with E-state index in [9.17, 15) is 13.2 Å². The van der Waals surface area contributed by atoms with E-state index in [0.29, 0.717) is 26.1 Å². The van der Waals surface area contributed by atoms with Gasteiger partial charge in [0.2, 0.25) is 0 Å². The van der Waals surface area contributed by atoms with Crippen LogP contribution in [0.3, 0.4) is 0 Å². The van der Waals surface area contributed by atoms with Crippen molar-refractivity contribution in [2.45, 2.75) is 32.2 Å². The molecule has 0 amide bonds. The van der Waals surface area contributed by atoms with Crippen LogP contribution in [0.25, 0.3) is 0 Å². The molecule has 0 radical (unpaired) electrons. The van der Waals surface area contributed by atoms with Crippen LogP contribution >= 0.6 is 15.9 Å². The van der Waals surface area contributed by atoms with Crippen LogP contribution in [0.5, 0.6) is 5.75 Å². The predicted molar refractivity (Wildman–Crippen MR) is 99.0 cm³/mol. The molecule has 1 heterocycles. The second kappa shape index (κ2) is 8.44. The molecule has 0 bridgehead atoms. The molecule has 1 aliphatic heterocycles. The number of likely N-dealkylation sites (tertiary alicyclic amines) is 1. The summed E-state index contributed by atoms with van der Waals surface area (Å²) in [5.41, 5.74) is 2.05. The Morgan fingerprint density at radius 3 is 2.58 bits per heavy atom. The summed E-state index contributed by atoms with van der Waals surface area (Å²) in [5, 5.41) is 0. The van der Waals surface area contributed by atoms with E-state index in [1.54, 1.807) is 0 Å². The van der Waals surface area contributed by atoms with Crippen molar-refractivity contribution in [2.24, 2.45) is 5.92 Å². The van der Waals surface area contributed by atoms with Gasteiger partial charge >= 0.3 is 6.18 Å². The van der Waals surface area contributed by atoms with Crippen LogP contribution in [0, 0.1) is 5.92 Å². The van der Waals surface area contributed by atoms with Crippen LogP contribution in [-0.2, 0) is 13.2 Å². The third-order valence-electron chi connectivity index (χ3n) is 4.64. The molecule has 1 atom stereocenters. The van der Waals surface area contributed by atoms with E-state index in [0.717, 1.165) is 21.3 Å². The van der Waals surface area contributed by atoms with Gasteiger partial charge in [0.1, 0.15) is 12.4 Å². The van der Waals surface area contributed by atoms with Crippen LogP contribution in [-0.4, -0.2) is 24.2 Å². The van der Waals surface area contributed by atoms with E-state index < -0.39 is 12.1 Å². The van der Waals surface area contributed by atoms with Gasteiger partial charge in [-0.25, -0.2) is 0 Å². The fraction of sp³-hybridized carbons (Fsp3) is 0.400. The van der Waals surface area contributed by atoms with E-state index in [4.69, 9.17) is 4.74 Å². The summed E-state index contributed by atoms with van der Waals surface area (Å²) in [6, 6.07) is 15.5. The molecule has 2 aromatic rings. The lowest BCUT2D eigenvalue weighted by atomic mass is 9.97. The molecule has 6 heteroatoms. The SMILES string of the molecule is FC(F)(F)C1CCCN(Cc2ccc(OCc3ccccc3)cc2Br)C1. The summed E-state index contributed by atoms with van der Waals surface area (Å²) in [6.07, 6.45) is -3.29. The lowest BCUT2D eigenvalue weighted by Crippen LogP contribution is -2.41. The van der Waals surface area contributed by atoms with Crippen LogP contribution in [0.1, 0.15) is 24.0 Å². The fourth-order valence-corrected chi connectivity index (χ4v) is 3.68. The van der Waals surface area contributed by atoms with Crippen molar-refractivity contribution in [3.8, 4) is 5.75 Å². The minimum absolute atomic E-state index is 0.0716. The fourth-order valence-electron chi connectivity index (χ4n) is 3.19. The smallest absolute Gasteiger partial charge is 0.393 e. The maximum absolute atomic E-state index is 13.0. The minimum atomic E-state index is -4.11. The molecular formula is C20H21BrF3NO. The monoisotopic (exact) mass is 427 g/mol. The minimum Gasteiger partial charge on any atom is -0.489 e. The topological polar surface area (TPSA) is 12.5 Å². The number of ether oxygens (including phenoxy) is 1. The zero-order valence-electron chi connectivity index (χ0n) is 14.3. The summed E-state index contributed by atoms with van der Waals surface area (Å²) in [6.45, 7) is 1.76. The Hall–Kier alpha value is -1.53. The number of alkyl halides is 3. The van der Waals surface area contributed by atoms with Crippen LogP contribution in [0.2, 0.25) is 0 Å². The van der Waals surface area contributed by atoms with Gasteiger partial charge in [0.15, 0.2) is 0 Å². The van der Waals surface area contributed by atoms with Crippen LogP contribution in [0.4, 0.5) is 13.2 Å². The molecule has 1 fully saturated rings. The first-order valence-corrected chi connectivity index (χ1v) is 9.45. The van der Waals surface area contributed by atoms with Gasteiger partial charge in [-0.05, 0) is 42.6 Å². The third kappa shape index (κ3) is 5.24. The maximum Gasteiger partial charge on any atom is 0.393 e. The van der Waals surface area contributed by atoms with Crippen molar-refractivity contribution in [1.82, 2.24) is 4.90 Å². The summed E-state index contributed by atoms with van der Waals surface area (Å²) in [4.78, 5) is 1.88. The van der Waals surface area contributed by atoms with E-state index >= 15 is 0 Å². The highest BCUT2D eigenvalue weighted by Gasteiger charge is 2.41. The van der Waals surface area contributed by atoms with Crippen LogP contribution < -0.4 is 4.74 Å². The molecule has 140 valence electrons. The summed E-state index contributed by atoms with van der Waals surface area (Å²) in [7, 11) is 0. The Labute approximate surface area is 160 Å². The van der Waals surface area contributed by atoms with Crippen molar-refractivity contribution >= 4 is 15.9 Å². The van der Waals surface area contributed by atoms with E-state index in [-0.39, 0.29) is 13.0 Å². The molecule has 0 spiro atoms. The molecule has 0 saturated carbocycles. The van der Waals surface area contributed by atoms with Crippen molar-refractivity contribution in [2.75, 3.05) is 13.1 Å². The number of piperidine rings is 1. The Kier molecular flexibility index (Phi) is 6.24.